The molecule has 6 heteroatoms. The quantitative estimate of drug-likeness (QED) is 0.917. The molecule has 1 aliphatic carbocycles. The van der Waals surface area contributed by atoms with Gasteiger partial charge >= 0.3 is 0 Å². The molecule has 1 aromatic carbocycles. The van der Waals surface area contributed by atoms with Gasteiger partial charge in [-0.15, -0.1) is 0 Å². The van der Waals surface area contributed by atoms with Crippen LogP contribution in [0.25, 0.3) is 0 Å². The Morgan fingerprint density at radius 3 is 2.81 bits per heavy atom. The maximum Gasteiger partial charge on any atom is 0.269 e. The van der Waals surface area contributed by atoms with Crippen molar-refractivity contribution in [1.29, 1.82) is 0 Å². The van der Waals surface area contributed by atoms with Crippen molar-refractivity contribution in [2.75, 3.05) is 11.9 Å². The van der Waals surface area contributed by atoms with E-state index in [9.17, 15) is 4.79 Å². The monoisotopic (exact) mass is 323 g/mol. The van der Waals surface area contributed by atoms with Gasteiger partial charge in [0.1, 0.15) is 0 Å². The van der Waals surface area contributed by atoms with Crippen LogP contribution in [0.2, 0.25) is 10.0 Å². The number of halogens is 2. The van der Waals surface area contributed by atoms with Gasteiger partial charge in [0.05, 0.1) is 18.4 Å². The highest BCUT2D eigenvalue weighted by Gasteiger charge is 2.20. The summed E-state index contributed by atoms with van der Waals surface area (Å²) in [5.41, 5.74) is 1.38. The van der Waals surface area contributed by atoms with Crippen LogP contribution in [-0.4, -0.2) is 16.3 Å². The second-order valence-electron chi connectivity index (χ2n) is 5.30. The highest BCUT2D eigenvalue weighted by atomic mass is 35.5. The molecule has 21 heavy (non-hydrogen) atoms. The van der Waals surface area contributed by atoms with Crippen molar-refractivity contribution in [1.82, 2.24) is 9.78 Å². The van der Waals surface area contributed by atoms with Crippen molar-refractivity contribution >= 4 is 28.9 Å². The third-order valence-corrected chi connectivity index (χ3v) is 4.09. The van der Waals surface area contributed by atoms with Crippen LogP contribution in [0.4, 0.5) is 5.69 Å². The molecule has 0 saturated heterocycles. The lowest BCUT2D eigenvalue weighted by atomic mass is 10.2. The van der Waals surface area contributed by atoms with E-state index in [1.807, 2.05) is 0 Å². The normalized spacial score (nSPS) is 14.2. The molecular weight excluding hydrogens is 309 g/mol. The molecule has 1 saturated carbocycles. The minimum Gasteiger partial charge on any atom is -0.383 e. The van der Waals surface area contributed by atoms with Crippen molar-refractivity contribution in [3.8, 4) is 0 Å². The molecule has 1 fully saturated rings. The van der Waals surface area contributed by atoms with Gasteiger partial charge in [-0.25, -0.2) is 4.68 Å². The molecule has 3 rings (SSSR count). The van der Waals surface area contributed by atoms with E-state index < -0.39 is 0 Å². The van der Waals surface area contributed by atoms with Crippen LogP contribution in [-0.2, 0) is 6.54 Å². The van der Waals surface area contributed by atoms with Crippen molar-refractivity contribution in [2.45, 2.75) is 19.4 Å². The Labute approximate surface area is 132 Å². The largest absolute Gasteiger partial charge is 0.383 e. The molecule has 0 radical (unpaired) electrons. The number of rotatable bonds is 5. The fraction of sp³-hybridized carbons (Fsp3) is 0.333. The van der Waals surface area contributed by atoms with E-state index in [1.54, 1.807) is 30.5 Å². The molecule has 1 aromatic heterocycles. The van der Waals surface area contributed by atoms with Gasteiger partial charge in [-0.3, -0.25) is 4.79 Å². The Bertz CT molecular complexity index is 710. The van der Waals surface area contributed by atoms with Crippen molar-refractivity contribution < 1.29 is 0 Å². The van der Waals surface area contributed by atoms with E-state index in [0.717, 1.165) is 23.7 Å². The molecule has 0 unspecified atom stereocenters. The molecule has 2 aromatic rings. The summed E-state index contributed by atoms with van der Waals surface area (Å²) in [5, 5.41) is 8.58. The number of nitrogens with one attached hydrogen (secondary N) is 1. The topological polar surface area (TPSA) is 46.9 Å². The molecule has 0 amide bonds. The van der Waals surface area contributed by atoms with E-state index in [4.69, 9.17) is 23.2 Å². The minimum absolute atomic E-state index is 0.160. The van der Waals surface area contributed by atoms with Crippen LogP contribution < -0.4 is 10.9 Å². The molecule has 0 atom stereocenters. The first-order chi connectivity index (χ1) is 10.1. The summed E-state index contributed by atoms with van der Waals surface area (Å²) in [6.07, 6.45) is 4.21. The molecule has 1 aliphatic rings. The number of nitrogens with zero attached hydrogens (tertiary/aromatic N) is 2. The summed E-state index contributed by atoms with van der Waals surface area (Å²) in [6, 6.07) is 6.75. The molecule has 1 heterocycles. The fourth-order valence-corrected chi connectivity index (χ4v) is 2.43. The lowest BCUT2D eigenvalue weighted by molar-refractivity contribution is 0.639. The summed E-state index contributed by atoms with van der Waals surface area (Å²) < 4.78 is 1.37. The highest BCUT2D eigenvalue weighted by Crippen LogP contribution is 2.28. The second-order valence-corrected chi connectivity index (χ2v) is 6.14. The minimum atomic E-state index is -0.160. The summed E-state index contributed by atoms with van der Waals surface area (Å²) in [5.74, 6) is 0.748. The number of anilines is 1. The average molecular weight is 324 g/mol. The van der Waals surface area contributed by atoms with Gasteiger partial charge in [0.2, 0.25) is 0 Å². The first kappa shape index (κ1) is 14.4. The molecule has 4 nitrogen and oxygen atoms in total. The number of benzene rings is 1. The fourth-order valence-electron chi connectivity index (χ4n) is 2.06. The standard InChI is InChI=1S/C15H15Cl2N3O/c16-12-3-4-14(17)11(5-12)9-20-15(21)6-13(8-19-20)18-7-10-1-2-10/h3-6,8,10,18H,1-2,7,9H2. The number of aromatic nitrogens is 2. The summed E-state index contributed by atoms with van der Waals surface area (Å²) >= 11 is 12.1. The highest BCUT2D eigenvalue weighted by molar-refractivity contribution is 6.33. The Morgan fingerprint density at radius 1 is 1.29 bits per heavy atom. The molecular formula is C15H15Cl2N3O. The molecule has 0 bridgehead atoms. The number of hydrogen-bond acceptors (Lipinski definition) is 3. The third-order valence-electron chi connectivity index (χ3n) is 3.49. The lowest BCUT2D eigenvalue weighted by Gasteiger charge is -2.09. The Balaban J connectivity index is 1.75. The number of hydrogen-bond donors (Lipinski definition) is 1. The van der Waals surface area contributed by atoms with Gasteiger partial charge in [0, 0.05) is 22.7 Å². The van der Waals surface area contributed by atoms with Gasteiger partial charge in [-0.05, 0) is 42.5 Å². The van der Waals surface area contributed by atoms with Crippen LogP contribution in [0, 0.1) is 5.92 Å². The molecule has 0 spiro atoms. The lowest BCUT2D eigenvalue weighted by Crippen LogP contribution is -2.23. The predicted octanol–water partition coefficient (Wildman–Crippen LogP) is 3.42. The van der Waals surface area contributed by atoms with Gasteiger partial charge in [0.15, 0.2) is 0 Å². The maximum atomic E-state index is 12.1. The Morgan fingerprint density at radius 2 is 2.10 bits per heavy atom. The van der Waals surface area contributed by atoms with Crippen LogP contribution in [0.3, 0.4) is 0 Å². The summed E-state index contributed by atoms with van der Waals surface area (Å²) in [7, 11) is 0. The van der Waals surface area contributed by atoms with Gasteiger partial charge < -0.3 is 5.32 Å². The van der Waals surface area contributed by atoms with Crippen molar-refractivity contribution in [2.24, 2.45) is 5.92 Å². The van der Waals surface area contributed by atoms with Gasteiger partial charge in [-0.1, -0.05) is 23.2 Å². The molecule has 0 aliphatic heterocycles. The zero-order valence-corrected chi connectivity index (χ0v) is 12.9. The average Bonchev–Trinajstić information content (AvgIpc) is 3.27. The first-order valence-electron chi connectivity index (χ1n) is 6.87. The van der Waals surface area contributed by atoms with Crippen LogP contribution in [0.1, 0.15) is 18.4 Å². The van der Waals surface area contributed by atoms with Crippen molar-refractivity contribution in [3.63, 3.8) is 0 Å². The molecule has 1 N–H and O–H groups in total. The van der Waals surface area contributed by atoms with Crippen molar-refractivity contribution in [3.05, 3.63) is 56.4 Å². The van der Waals surface area contributed by atoms with E-state index in [2.05, 4.69) is 10.4 Å². The summed E-state index contributed by atoms with van der Waals surface area (Å²) in [4.78, 5) is 12.1. The second kappa shape index (κ2) is 6.08. The van der Waals surface area contributed by atoms with Crippen LogP contribution in [0.5, 0.6) is 0 Å². The zero-order valence-electron chi connectivity index (χ0n) is 11.4. The van der Waals surface area contributed by atoms with Crippen LogP contribution >= 0.6 is 23.2 Å². The van der Waals surface area contributed by atoms with Crippen LogP contribution in [0.15, 0.2) is 35.3 Å². The van der Waals surface area contributed by atoms with E-state index in [0.29, 0.717) is 16.6 Å². The summed E-state index contributed by atoms with van der Waals surface area (Å²) in [6.45, 7) is 1.21. The SMILES string of the molecule is O=c1cc(NCC2CC2)cnn1Cc1cc(Cl)ccc1Cl. The van der Waals surface area contributed by atoms with E-state index in [-0.39, 0.29) is 5.56 Å². The van der Waals surface area contributed by atoms with E-state index >= 15 is 0 Å². The maximum absolute atomic E-state index is 12.1. The Kier molecular flexibility index (Phi) is 4.17. The first-order valence-corrected chi connectivity index (χ1v) is 7.62. The molecule has 110 valence electrons. The third kappa shape index (κ3) is 3.77. The van der Waals surface area contributed by atoms with Gasteiger partial charge in [0.25, 0.3) is 5.56 Å². The Hall–Kier alpha value is -1.52. The van der Waals surface area contributed by atoms with E-state index in [1.165, 1.54) is 17.5 Å². The van der Waals surface area contributed by atoms with Gasteiger partial charge in [-0.2, -0.15) is 5.10 Å². The zero-order chi connectivity index (χ0) is 14.8. The smallest absolute Gasteiger partial charge is 0.269 e. The predicted molar refractivity (Wildman–Crippen MR) is 85.3 cm³/mol.